The first-order valence-corrected chi connectivity index (χ1v) is 16.0. The lowest BCUT2D eigenvalue weighted by atomic mass is 10.0. The Bertz CT molecular complexity index is 1300. The molecule has 16 heteroatoms. The van der Waals surface area contributed by atoms with E-state index in [9.17, 15) is 0 Å². The minimum absolute atomic E-state index is 0.237. The summed E-state index contributed by atoms with van der Waals surface area (Å²) >= 11 is 0. The largest absolute Gasteiger partial charge is 0.494 e. The van der Waals surface area contributed by atoms with E-state index in [1.165, 1.54) is 34.0 Å². The number of rotatable bonds is 14. The zero-order chi connectivity index (χ0) is 33.4. The van der Waals surface area contributed by atoms with Crippen LogP contribution in [0.2, 0.25) is 0 Å². The molecule has 0 saturated carbocycles. The zero-order valence-corrected chi connectivity index (χ0v) is 28.2. The van der Waals surface area contributed by atoms with Crippen LogP contribution in [0.5, 0.6) is 35.5 Å². The number of nitrogens with zero attached hydrogens (tertiary/aromatic N) is 7. The van der Waals surface area contributed by atoms with Crippen molar-refractivity contribution in [2.24, 2.45) is 0 Å². The molecule has 0 atom stereocenters. The maximum atomic E-state index is 5.70. The van der Waals surface area contributed by atoms with Gasteiger partial charge < -0.3 is 44.4 Å². The highest BCUT2D eigenvalue weighted by Crippen LogP contribution is 2.26. The second-order valence-corrected chi connectivity index (χ2v) is 10.8. The highest BCUT2D eigenvalue weighted by atomic mass is 16.5. The van der Waals surface area contributed by atoms with Gasteiger partial charge in [0.2, 0.25) is 11.9 Å². The Morgan fingerprint density at radius 3 is 1.47 bits per heavy atom. The molecule has 0 bridgehead atoms. The molecule has 4 heterocycles. The number of hydrogen-bond acceptors (Lipinski definition) is 16. The van der Waals surface area contributed by atoms with Gasteiger partial charge in [0.05, 0.1) is 41.7 Å². The number of ether oxygens (including phenoxy) is 6. The quantitative estimate of drug-likeness (QED) is 0.231. The molecule has 0 amide bonds. The number of likely N-dealkylation sites (tertiary alicyclic amines) is 1. The molecular weight excluding hydrogens is 608 g/mol. The molecule has 0 aliphatic carbocycles. The van der Waals surface area contributed by atoms with Gasteiger partial charge in [-0.15, -0.1) is 9.97 Å². The molecule has 2 saturated heterocycles. The van der Waals surface area contributed by atoms with Crippen LogP contribution in [-0.2, 0) is 6.54 Å². The molecular formula is C31H48N10O6. The molecule has 2 aliphatic heterocycles. The van der Waals surface area contributed by atoms with E-state index in [2.05, 4.69) is 62.9 Å². The third-order valence-corrected chi connectivity index (χ3v) is 7.48. The lowest BCUT2D eigenvalue weighted by Gasteiger charge is -2.32. The molecule has 47 heavy (non-hydrogen) atoms. The molecule has 2 aliphatic rings. The number of hydrogen-bond donors (Lipinski definition) is 3. The molecule has 1 aromatic carbocycles. The van der Waals surface area contributed by atoms with Crippen LogP contribution in [0.3, 0.4) is 0 Å². The molecule has 258 valence electrons. The summed E-state index contributed by atoms with van der Waals surface area (Å²) in [5.41, 5.74) is 1.20. The molecule has 5 rings (SSSR count). The Hall–Kier alpha value is -4.44. The highest BCUT2D eigenvalue weighted by Gasteiger charge is 2.21. The summed E-state index contributed by atoms with van der Waals surface area (Å²) < 4.78 is 31.6. The van der Waals surface area contributed by atoms with Crippen molar-refractivity contribution in [3.8, 4) is 35.5 Å². The van der Waals surface area contributed by atoms with Crippen LogP contribution in [0, 0.1) is 0 Å². The molecule has 0 radical (unpaired) electrons. The fourth-order valence-electron chi connectivity index (χ4n) is 5.22. The minimum Gasteiger partial charge on any atom is -0.494 e. The first-order chi connectivity index (χ1) is 22.9. The van der Waals surface area contributed by atoms with Crippen molar-refractivity contribution < 1.29 is 28.4 Å². The lowest BCUT2D eigenvalue weighted by molar-refractivity contribution is 0.210. The number of methoxy groups -OCH3 is 4. The second-order valence-electron chi connectivity index (χ2n) is 10.8. The molecule has 2 aromatic heterocycles. The van der Waals surface area contributed by atoms with Crippen molar-refractivity contribution in [1.82, 2.24) is 40.1 Å². The average molecular weight is 657 g/mol. The summed E-state index contributed by atoms with van der Waals surface area (Å²) in [5, 5.41) is 9.95. The maximum absolute atomic E-state index is 5.70. The van der Waals surface area contributed by atoms with Crippen LogP contribution < -0.4 is 44.4 Å². The van der Waals surface area contributed by atoms with E-state index in [-0.39, 0.29) is 30.1 Å². The number of piperidine rings is 2. The SMILES string of the molecule is CCOc1cc(CN2CCC(Nc3nc(OC)nc(OC)n3)CC2)cc(OCC)c1.COc1nc(NC2CCNCC2)nc(OC)n1. The van der Waals surface area contributed by atoms with E-state index in [1.807, 2.05) is 19.9 Å². The van der Waals surface area contributed by atoms with Crippen molar-refractivity contribution in [2.45, 2.75) is 58.2 Å². The Kier molecular flexibility index (Phi) is 14.0. The maximum Gasteiger partial charge on any atom is 0.324 e. The Labute approximate surface area is 276 Å². The van der Waals surface area contributed by atoms with Crippen LogP contribution in [0.4, 0.5) is 11.9 Å². The number of anilines is 2. The first kappa shape index (κ1) is 35.4. The normalized spacial score (nSPS) is 15.5. The van der Waals surface area contributed by atoms with Crippen molar-refractivity contribution in [3.63, 3.8) is 0 Å². The van der Waals surface area contributed by atoms with Crippen LogP contribution in [0.15, 0.2) is 18.2 Å². The first-order valence-electron chi connectivity index (χ1n) is 16.0. The predicted molar refractivity (Wildman–Crippen MR) is 176 cm³/mol. The summed E-state index contributed by atoms with van der Waals surface area (Å²) in [5.74, 6) is 2.68. The fourth-order valence-corrected chi connectivity index (χ4v) is 5.22. The van der Waals surface area contributed by atoms with Crippen molar-refractivity contribution in [3.05, 3.63) is 23.8 Å². The third kappa shape index (κ3) is 11.4. The monoisotopic (exact) mass is 656 g/mol. The summed E-state index contributed by atoms with van der Waals surface area (Å²) in [4.78, 5) is 27.2. The van der Waals surface area contributed by atoms with Crippen molar-refractivity contribution >= 4 is 11.9 Å². The van der Waals surface area contributed by atoms with E-state index in [0.29, 0.717) is 31.2 Å². The standard InChI is InChI=1S/C21H31N5O4.C10H17N5O2/c1-5-29-17-11-15(12-18(13-17)30-6-2)14-26-9-7-16(8-10-26)22-19-23-20(27-3)25-21(24-19)28-4;1-16-9-13-8(14-10(15-9)17-2)12-7-3-5-11-6-4-7/h11-13,16H,5-10,14H2,1-4H3,(H,22,23,24,25);7,11H,3-6H2,1-2H3,(H,12,13,14,15). The summed E-state index contributed by atoms with van der Waals surface area (Å²) in [7, 11) is 6.08. The van der Waals surface area contributed by atoms with E-state index in [1.54, 1.807) is 0 Å². The second kappa shape index (κ2) is 18.6. The molecule has 0 spiro atoms. The lowest BCUT2D eigenvalue weighted by Crippen LogP contribution is -2.39. The molecule has 2 fully saturated rings. The zero-order valence-electron chi connectivity index (χ0n) is 28.2. The number of nitrogens with one attached hydrogen (secondary N) is 3. The van der Waals surface area contributed by atoms with Gasteiger partial charge in [-0.25, -0.2) is 0 Å². The highest BCUT2D eigenvalue weighted by molar-refractivity contribution is 5.38. The van der Waals surface area contributed by atoms with Gasteiger partial charge in [0, 0.05) is 37.8 Å². The summed E-state index contributed by atoms with van der Waals surface area (Å²) in [6, 6.07) is 7.80. The Morgan fingerprint density at radius 1 is 0.638 bits per heavy atom. The van der Waals surface area contributed by atoms with E-state index in [0.717, 1.165) is 69.9 Å². The van der Waals surface area contributed by atoms with E-state index < -0.39 is 0 Å². The van der Waals surface area contributed by atoms with Gasteiger partial charge in [0.15, 0.2) is 0 Å². The topological polar surface area (TPSA) is 172 Å². The van der Waals surface area contributed by atoms with E-state index in [4.69, 9.17) is 28.4 Å². The van der Waals surface area contributed by atoms with Crippen LogP contribution >= 0.6 is 0 Å². The van der Waals surface area contributed by atoms with Crippen molar-refractivity contribution in [1.29, 1.82) is 0 Å². The summed E-state index contributed by atoms with van der Waals surface area (Å²) in [6.45, 7) is 10.1. The van der Waals surface area contributed by atoms with Crippen molar-refractivity contribution in [2.75, 3.05) is 78.5 Å². The number of aromatic nitrogens is 6. The number of benzene rings is 1. The molecule has 3 aromatic rings. The van der Waals surface area contributed by atoms with Gasteiger partial charge in [-0.1, -0.05) is 0 Å². The van der Waals surface area contributed by atoms with Gasteiger partial charge in [-0.3, -0.25) is 4.90 Å². The molecule has 3 N–H and O–H groups in total. The minimum atomic E-state index is 0.237. The van der Waals surface area contributed by atoms with Crippen LogP contribution in [-0.4, -0.2) is 115 Å². The van der Waals surface area contributed by atoms with Gasteiger partial charge in [0.25, 0.3) is 0 Å². The van der Waals surface area contributed by atoms with Gasteiger partial charge in [0.1, 0.15) is 11.5 Å². The van der Waals surface area contributed by atoms with Crippen LogP contribution in [0.1, 0.15) is 45.1 Å². The Morgan fingerprint density at radius 2 is 1.06 bits per heavy atom. The Balaban J connectivity index is 0.000000248. The van der Waals surface area contributed by atoms with Gasteiger partial charge in [-0.05, 0) is 70.3 Å². The average Bonchev–Trinajstić information content (AvgIpc) is 3.09. The molecule has 16 nitrogen and oxygen atoms in total. The predicted octanol–water partition coefficient (Wildman–Crippen LogP) is 2.82. The van der Waals surface area contributed by atoms with Gasteiger partial charge in [-0.2, -0.15) is 19.9 Å². The van der Waals surface area contributed by atoms with E-state index >= 15 is 0 Å². The summed E-state index contributed by atoms with van der Waals surface area (Å²) in [6.07, 6.45) is 4.08. The van der Waals surface area contributed by atoms with Crippen LogP contribution in [0.25, 0.3) is 0 Å². The third-order valence-electron chi connectivity index (χ3n) is 7.48. The smallest absolute Gasteiger partial charge is 0.324 e. The molecule has 0 unspecified atom stereocenters. The van der Waals surface area contributed by atoms with Gasteiger partial charge >= 0.3 is 24.0 Å². The fraction of sp³-hybridized carbons (Fsp3) is 0.613.